The minimum atomic E-state index is 0.232. The molecule has 1 aliphatic carbocycles. The third-order valence-electron chi connectivity index (χ3n) is 5.76. The van der Waals surface area contributed by atoms with E-state index in [1.807, 2.05) is 0 Å². The molecule has 0 saturated heterocycles. The van der Waals surface area contributed by atoms with E-state index >= 15 is 0 Å². The van der Waals surface area contributed by atoms with Gasteiger partial charge in [0.05, 0.1) is 0 Å². The van der Waals surface area contributed by atoms with Gasteiger partial charge in [0.15, 0.2) is 0 Å². The van der Waals surface area contributed by atoms with Gasteiger partial charge in [0, 0.05) is 12.5 Å². The molecule has 0 atom stereocenters. The van der Waals surface area contributed by atoms with E-state index < -0.39 is 0 Å². The Morgan fingerprint density at radius 3 is 1.88 bits per heavy atom. The molecule has 1 aromatic rings. The Bertz CT molecular complexity index is 493. The van der Waals surface area contributed by atoms with Crippen LogP contribution in [0.4, 0.5) is 0 Å². The summed E-state index contributed by atoms with van der Waals surface area (Å²) in [5, 5.41) is 3.33. The van der Waals surface area contributed by atoms with Crippen molar-refractivity contribution in [3.63, 3.8) is 0 Å². The molecule has 0 unspecified atom stereocenters. The molecule has 1 amide bonds. The first kappa shape index (κ1) is 21.0. The summed E-state index contributed by atoms with van der Waals surface area (Å²) in [6.07, 6.45) is 15.9. The highest BCUT2D eigenvalue weighted by Crippen LogP contribution is 2.18. The van der Waals surface area contributed by atoms with E-state index in [0.717, 1.165) is 19.3 Å². The van der Waals surface area contributed by atoms with Crippen LogP contribution in [0.2, 0.25) is 0 Å². The Morgan fingerprint density at radius 2 is 1.38 bits per heavy atom. The van der Waals surface area contributed by atoms with Crippen molar-refractivity contribution in [3.8, 4) is 0 Å². The van der Waals surface area contributed by atoms with E-state index in [4.69, 9.17) is 0 Å². The lowest BCUT2D eigenvalue weighted by molar-refractivity contribution is -0.121. The van der Waals surface area contributed by atoms with Crippen LogP contribution < -0.4 is 5.32 Å². The van der Waals surface area contributed by atoms with Gasteiger partial charge in [-0.3, -0.25) is 4.79 Å². The van der Waals surface area contributed by atoms with E-state index in [1.165, 1.54) is 68.9 Å². The number of carbonyl (C=O) groups excluding carboxylic acids is 1. The van der Waals surface area contributed by atoms with E-state index in [1.54, 1.807) is 0 Å². The van der Waals surface area contributed by atoms with E-state index in [0.29, 0.717) is 18.4 Å². The van der Waals surface area contributed by atoms with Gasteiger partial charge in [-0.1, -0.05) is 95.9 Å². The lowest BCUT2D eigenvalue weighted by Crippen LogP contribution is -2.35. The fourth-order valence-corrected chi connectivity index (χ4v) is 3.93. The number of hydrogen-bond donors (Lipinski definition) is 1. The topological polar surface area (TPSA) is 29.1 Å². The number of carbonyl (C=O) groups is 1. The molecule has 1 saturated carbocycles. The van der Waals surface area contributed by atoms with Crippen molar-refractivity contribution in [2.75, 3.05) is 0 Å². The maximum atomic E-state index is 12.4. The highest BCUT2D eigenvalue weighted by Gasteiger charge is 2.13. The normalized spacial score (nSPS) is 18.1. The summed E-state index contributed by atoms with van der Waals surface area (Å²) in [6.45, 7) is 4.43. The zero-order valence-corrected chi connectivity index (χ0v) is 17.1. The van der Waals surface area contributed by atoms with Crippen molar-refractivity contribution in [2.45, 2.75) is 109 Å². The van der Waals surface area contributed by atoms with Gasteiger partial charge >= 0.3 is 0 Å². The first-order chi connectivity index (χ1) is 12.6. The fraction of sp³-hybridized carbons (Fsp3) is 0.708. The second-order valence-corrected chi connectivity index (χ2v) is 8.42. The summed E-state index contributed by atoms with van der Waals surface area (Å²) in [5.41, 5.74) is 2.63. The van der Waals surface area contributed by atoms with Crippen molar-refractivity contribution in [1.82, 2.24) is 5.32 Å². The van der Waals surface area contributed by atoms with Crippen molar-refractivity contribution >= 4 is 5.91 Å². The summed E-state index contributed by atoms with van der Waals surface area (Å²) >= 11 is 0. The number of aryl methyl sites for hydroxylation is 1. The summed E-state index contributed by atoms with van der Waals surface area (Å²) in [6, 6.07) is 9.15. The molecule has 26 heavy (non-hydrogen) atoms. The van der Waals surface area contributed by atoms with Gasteiger partial charge in [-0.2, -0.15) is 0 Å². The molecule has 2 nitrogen and oxygen atoms in total. The van der Waals surface area contributed by atoms with Gasteiger partial charge in [-0.05, 0) is 36.3 Å². The third kappa shape index (κ3) is 8.38. The molecule has 1 N–H and O–H groups in total. The SMILES string of the molecule is CC(C)c1ccc(CCC(=O)NC2CCCCCCCCCCC2)cc1. The Labute approximate surface area is 161 Å². The molecule has 1 aliphatic rings. The Hall–Kier alpha value is -1.31. The molecular formula is C24H39NO. The molecule has 0 aliphatic heterocycles. The predicted molar refractivity (Wildman–Crippen MR) is 112 cm³/mol. The van der Waals surface area contributed by atoms with E-state index in [9.17, 15) is 4.79 Å². The number of benzene rings is 1. The number of rotatable bonds is 5. The highest BCUT2D eigenvalue weighted by atomic mass is 16.1. The molecule has 1 fully saturated rings. The molecule has 0 spiro atoms. The first-order valence-corrected chi connectivity index (χ1v) is 11.0. The molecule has 2 heteroatoms. The van der Waals surface area contributed by atoms with Crippen LogP contribution >= 0.6 is 0 Å². The monoisotopic (exact) mass is 357 g/mol. The molecule has 2 rings (SSSR count). The fourth-order valence-electron chi connectivity index (χ4n) is 3.93. The molecule has 0 aromatic heterocycles. The maximum absolute atomic E-state index is 12.4. The average Bonchev–Trinajstić information content (AvgIpc) is 2.62. The van der Waals surface area contributed by atoms with Crippen LogP contribution in [-0.2, 0) is 11.2 Å². The zero-order valence-electron chi connectivity index (χ0n) is 17.1. The van der Waals surface area contributed by atoms with Gasteiger partial charge in [0.1, 0.15) is 0 Å². The first-order valence-electron chi connectivity index (χ1n) is 11.0. The Balaban J connectivity index is 1.74. The Kier molecular flexibility index (Phi) is 9.81. The summed E-state index contributed by atoms with van der Waals surface area (Å²) in [4.78, 5) is 12.4. The molecular weight excluding hydrogens is 318 g/mol. The largest absolute Gasteiger partial charge is 0.353 e. The quantitative estimate of drug-likeness (QED) is 0.637. The standard InChI is InChI=1S/C24H39NO/c1-20(2)22-17-14-21(15-18-22)16-19-24(26)25-23-12-10-8-6-4-3-5-7-9-11-13-23/h14-15,17-18,20,23H,3-13,16,19H2,1-2H3,(H,25,26). The number of nitrogens with one attached hydrogen (secondary N) is 1. The highest BCUT2D eigenvalue weighted by molar-refractivity contribution is 5.76. The lowest BCUT2D eigenvalue weighted by Gasteiger charge is -2.19. The average molecular weight is 358 g/mol. The van der Waals surface area contributed by atoms with Crippen molar-refractivity contribution < 1.29 is 4.79 Å². The van der Waals surface area contributed by atoms with Gasteiger partial charge in [-0.15, -0.1) is 0 Å². The van der Waals surface area contributed by atoms with E-state index in [-0.39, 0.29) is 5.91 Å². The molecule has 1 aromatic carbocycles. The Morgan fingerprint density at radius 1 is 0.885 bits per heavy atom. The van der Waals surface area contributed by atoms with Crippen LogP contribution in [-0.4, -0.2) is 11.9 Å². The molecule has 0 radical (unpaired) electrons. The minimum Gasteiger partial charge on any atom is -0.353 e. The van der Waals surface area contributed by atoms with Crippen molar-refractivity contribution in [3.05, 3.63) is 35.4 Å². The van der Waals surface area contributed by atoms with Crippen LogP contribution in [0.5, 0.6) is 0 Å². The minimum absolute atomic E-state index is 0.232. The smallest absolute Gasteiger partial charge is 0.220 e. The van der Waals surface area contributed by atoms with Gasteiger partial charge in [0.25, 0.3) is 0 Å². The number of hydrogen-bond acceptors (Lipinski definition) is 1. The zero-order chi connectivity index (χ0) is 18.6. The van der Waals surface area contributed by atoms with Crippen molar-refractivity contribution in [1.29, 1.82) is 0 Å². The predicted octanol–water partition coefficient (Wildman–Crippen LogP) is 6.53. The second-order valence-electron chi connectivity index (χ2n) is 8.42. The molecule has 146 valence electrons. The second kappa shape index (κ2) is 12.1. The maximum Gasteiger partial charge on any atom is 0.220 e. The lowest BCUT2D eigenvalue weighted by atomic mass is 9.97. The van der Waals surface area contributed by atoms with Crippen LogP contribution in [0.1, 0.15) is 108 Å². The van der Waals surface area contributed by atoms with Crippen LogP contribution in [0.25, 0.3) is 0 Å². The van der Waals surface area contributed by atoms with Gasteiger partial charge < -0.3 is 5.32 Å². The summed E-state index contributed by atoms with van der Waals surface area (Å²) < 4.78 is 0. The van der Waals surface area contributed by atoms with Crippen LogP contribution in [0.3, 0.4) is 0 Å². The third-order valence-corrected chi connectivity index (χ3v) is 5.76. The van der Waals surface area contributed by atoms with Crippen molar-refractivity contribution in [2.24, 2.45) is 0 Å². The molecule has 0 heterocycles. The van der Waals surface area contributed by atoms with E-state index in [2.05, 4.69) is 43.4 Å². The van der Waals surface area contributed by atoms with Gasteiger partial charge in [0.2, 0.25) is 5.91 Å². The van der Waals surface area contributed by atoms with Gasteiger partial charge in [-0.25, -0.2) is 0 Å². The summed E-state index contributed by atoms with van der Waals surface area (Å²) in [7, 11) is 0. The van der Waals surface area contributed by atoms with Crippen LogP contribution in [0.15, 0.2) is 24.3 Å². The molecule has 0 bridgehead atoms. The van der Waals surface area contributed by atoms with Crippen LogP contribution in [0, 0.1) is 0 Å². The summed E-state index contributed by atoms with van der Waals surface area (Å²) in [5.74, 6) is 0.795. The number of amides is 1.